The first-order valence-electron chi connectivity index (χ1n) is 7.33. The summed E-state index contributed by atoms with van der Waals surface area (Å²) in [6.07, 6.45) is 1.76. The van der Waals surface area contributed by atoms with E-state index >= 15 is 0 Å². The number of hydrogen-bond acceptors (Lipinski definition) is 3. The molecule has 0 aliphatic heterocycles. The van der Waals surface area contributed by atoms with Crippen molar-refractivity contribution < 1.29 is 4.79 Å². The van der Waals surface area contributed by atoms with Crippen molar-refractivity contribution in [3.8, 4) is 0 Å². The van der Waals surface area contributed by atoms with E-state index < -0.39 is 0 Å². The van der Waals surface area contributed by atoms with Gasteiger partial charge in [0.1, 0.15) is 5.03 Å². The predicted molar refractivity (Wildman–Crippen MR) is 98.9 cm³/mol. The molecule has 0 saturated carbocycles. The Labute approximate surface area is 149 Å². The summed E-state index contributed by atoms with van der Waals surface area (Å²) < 4.78 is 0.935. The van der Waals surface area contributed by atoms with Crippen molar-refractivity contribution in [2.24, 2.45) is 0 Å². The lowest BCUT2D eigenvalue weighted by molar-refractivity contribution is 0.0775. The van der Waals surface area contributed by atoms with Crippen LogP contribution in [0.1, 0.15) is 24.2 Å². The molecule has 120 valence electrons. The Bertz CT molecular complexity index is 700. The maximum absolute atomic E-state index is 12.8. The molecular formula is C18H19BrN2OS. The number of likely N-dealkylation sites (N-methyl/N-ethyl adjacent to an activating group) is 1. The monoisotopic (exact) mass is 390 g/mol. The zero-order valence-electron chi connectivity index (χ0n) is 13.3. The summed E-state index contributed by atoms with van der Waals surface area (Å²) in [7, 11) is 0. The number of pyridine rings is 1. The van der Waals surface area contributed by atoms with Crippen molar-refractivity contribution in [2.75, 3.05) is 13.1 Å². The zero-order valence-corrected chi connectivity index (χ0v) is 15.7. The van der Waals surface area contributed by atoms with Crippen LogP contribution in [0.25, 0.3) is 0 Å². The summed E-state index contributed by atoms with van der Waals surface area (Å²) in [4.78, 5) is 19.9. The molecule has 0 aliphatic carbocycles. The fourth-order valence-electron chi connectivity index (χ4n) is 2.09. The fourth-order valence-corrected chi connectivity index (χ4v) is 3.20. The van der Waals surface area contributed by atoms with Gasteiger partial charge in [-0.1, -0.05) is 36.0 Å². The molecule has 1 heterocycles. The lowest BCUT2D eigenvalue weighted by Crippen LogP contribution is -2.32. The smallest absolute Gasteiger partial charge is 0.255 e. The number of nitrogens with zero attached hydrogens (tertiary/aromatic N) is 2. The molecule has 1 aromatic heterocycles. The quantitative estimate of drug-likeness (QED) is 0.648. The molecule has 0 saturated heterocycles. The van der Waals surface area contributed by atoms with Gasteiger partial charge in [-0.05, 0) is 54.0 Å². The maximum Gasteiger partial charge on any atom is 0.255 e. The van der Waals surface area contributed by atoms with E-state index in [-0.39, 0.29) is 5.91 Å². The van der Waals surface area contributed by atoms with E-state index in [0.29, 0.717) is 18.7 Å². The normalized spacial score (nSPS) is 10.4. The second-order valence-corrected chi connectivity index (χ2v) is 7.17. The SMILES string of the molecule is C=C(C)CN(CC)C(=O)c1ccccc1Sc1ccc(Br)cn1. The van der Waals surface area contributed by atoms with Gasteiger partial charge in [0.2, 0.25) is 0 Å². The summed E-state index contributed by atoms with van der Waals surface area (Å²) in [5, 5.41) is 0.858. The Balaban J connectivity index is 2.27. The molecule has 2 aromatic rings. The predicted octanol–water partition coefficient (Wildman–Crippen LogP) is 5.03. The number of halogens is 1. The Morgan fingerprint density at radius 2 is 2.04 bits per heavy atom. The highest BCUT2D eigenvalue weighted by molar-refractivity contribution is 9.10. The van der Waals surface area contributed by atoms with Crippen LogP contribution in [0.2, 0.25) is 0 Å². The van der Waals surface area contributed by atoms with Gasteiger partial charge in [-0.2, -0.15) is 0 Å². The number of hydrogen-bond donors (Lipinski definition) is 0. The lowest BCUT2D eigenvalue weighted by Gasteiger charge is -2.22. The van der Waals surface area contributed by atoms with E-state index in [1.807, 2.05) is 50.2 Å². The zero-order chi connectivity index (χ0) is 16.8. The van der Waals surface area contributed by atoms with Gasteiger partial charge in [0.25, 0.3) is 5.91 Å². The van der Waals surface area contributed by atoms with E-state index in [4.69, 9.17) is 0 Å². The molecular weight excluding hydrogens is 372 g/mol. The van der Waals surface area contributed by atoms with Crippen molar-refractivity contribution >= 4 is 33.6 Å². The number of carbonyl (C=O) groups is 1. The largest absolute Gasteiger partial charge is 0.335 e. The molecule has 2 rings (SSSR count). The topological polar surface area (TPSA) is 33.2 Å². The molecule has 0 bridgehead atoms. The second-order valence-electron chi connectivity index (χ2n) is 5.19. The molecule has 23 heavy (non-hydrogen) atoms. The highest BCUT2D eigenvalue weighted by atomic mass is 79.9. The van der Waals surface area contributed by atoms with Gasteiger partial charge in [0.05, 0.1) is 5.56 Å². The summed E-state index contributed by atoms with van der Waals surface area (Å²) in [5.41, 5.74) is 1.67. The Hall–Kier alpha value is -1.59. The Kier molecular flexibility index (Phi) is 6.42. The van der Waals surface area contributed by atoms with Crippen molar-refractivity contribution in [3.63, 3.8) is 0 Å². The first kappa shape index (κ1) is 17.8. The van der Waals surface area contributed by atoms with Gasteiger partial charge >= 0.3 is 0 Å². The van der Waals surface area contributed by atoms with Crippen molar-refractivity contribution in [1.82, 2.24) is 9.88 Å². The standard InChI is InChI=1S/C18H19BrN2OS/c1-4-21(12-13(2)3)18(22)15-7-5-6-8-16(15)23-17-10-9-14(19)11-20-17/h5-11H,2,4,12H2,1,3H3. The number of carbonyl (C=O) groups excluding carboxylic acids is 1. The van der Waals surface area contributed by atoms with Crippen LogP contribution in [0, 0.1) is 0 Å². The summed E-state index contributed by atoms with van der Waals surface area (Å²) in [6, 6.07) is 11.5. The average Bonchev–Trinajstić information content (AvgIpc) is 2.54. The molecule has 1 amide bonds. The van der Waals surface area contributed by atoms with E-state index in [2.05, 4.69) is 27.5 Å². The van der Waals surface area contributed by atoms with Crippen molar-refractivity contribution in [3.05, 3.63) is 64.8 Å². The van der Waals surface area contributed by atoms with Gasteiger partial charge in [0.15, 0.2) is 0 Å². The molecule has 5 heteroatoms. The molecule has 0 radical (unpaired) electrons. The van der Waals surface area contributed by atoms with Crippen LogP contribution in [0.15, 0.2) is 69.1 Å². The van der Waals surface area contributed by atoms with E-state index in [1.165, 1.54) is 11.8 Å². The van der Waals surface area contributed by atoms with E-state index in [1.54, 1.807) is 11.1 Å². The minimum absolute atomic E-state index is 0.0238. The third-order valence-corrected chi connectivity index (χ3v) is 4.66. The summed E-state index contributed by atoms with van der Waals surface area (Å²) in [6.45, 7) is 9.04. The van der Waals surface area contributed by atoms with Gasteiger partial charge in [-0.3, -0.25) is 4.79 Å². The minimum atomic E-state index is 0.0238. The van der Waals surface area contributed by atoms with Gasteiger partial charge < -0.3 is 4.90 Å². The van der Waals surface area contributed by atoms with Crippen LogP contribution < -0.4 is 0 Å². The second kappa shape index (κ2) is 8.31. The highest BCUT2D eigenvalue weighted by Gasteiger charge is 2.18. The molecule has 0 atom stereocenters. The first-order valence-corrected chi connectivity index (χ1v) is 8.94. The number of aromatic nitrogens is 1. The minimum Gasteiger partial charge on any atom is -0.335 e. The Morgan fingerprint density at radius 1 is 1.30 bits per heavy atom. The molecule has 0 fully saturated rings. The van der Waals surface area contributed by atoms with Crippen molar-refractivity contribution in [1.29, 1.82) is 0 Å². The van der Waals surface area contributed by atoms with Crippen LogP contribution >= 0.6 is 27.7 Å². The molecule has 1 aromatic carbocycles. The molecule has 0 spiro atoms. The van der Waals surface area contributed by atoms with Gasteiger partial charge in [-0.25, -0.2) is 4.98 Å². The molecule has 3 nitrogen and oxygen atoms in total. The third-order valence-electron chi connectivity index (χ3n) is 3.16. The van der Waals surface area contributed by atoms with Crippen LogP contribution in [-0.4, -0.2) is 28.9 Å². The van der Waals surface area contributed by atoms with Gasteiger partial charge in [-0.15, -0.1) is 0 Å². The van der Waals surface area contributed by atoms with E-state index in [9.17, 15) is 4.79 Å². The molecule has 0 unspecified atom stereocenters. The average molecular weight is 391 g/mol. The van der Waals surface area contributed by atoms with E-state index in [0.717, 1.165) is 20.0 Å². The fraction of sp³-hybridized carbons (Fsp3) is 0.222. The number of benzene rings is 1. The van der Waals surface area contributed by atoms with Gasteiger partial charge in [0, 0.05) is 28.7 Å². The lowest BCUT2D eigenvalue weighted by atomic mass is 10.2. The number of rotatable bonds is 6. The number of amides is 1. The highest BCUT2D eigenvalue weighted by Crippen LogP contribution is 2.30. The summed E-state index contributed by atoms with van der Waals surface area (Å²) in [5.74, 6) is 0.0238. The first-order chi connectivity index (χ1) is 11.0. The van der Waals surface area contributed by atoms with Crippen LogP contribution in [0.5, 0.6) is 0 Å². The van der Waals surface area contributed by atoms with Crippen LogP contribution in [-0.2, 0) is 0 Å². The van der Waals surface area contributed by atoms with Crippen LogP contribution in [0.3, 0.4) is 0 Å². The van der Waals surface area contributed by atoms with Crippen LogP contribution in [0.4, 0.5) is 0 Å². The van der Waals surface area contributed by atoms with Crippen molar-refractivity contribution in [2.45, 2.75) is 23.8 Å². The molecule has 0 N–H and O–H groups in total. The Morgan fingerprint density at radius 3 is 2.65 bits per heavy atom. The maximum atomic E-state index is 12.8. The molecule has 0 aliphatic rings. The third kappa shape index (κ3) is 4.94. The summed E-state index contributed by atoms with van der Waals surface area (Å²) >= 11 is 4.88.